The summed E-state index contributed by atoms with van der Waals surface area (Å²) in [6, 6.07) is 9.85. The lowest BCUT2D eigenvalue weighted by molar-refractivity contribution is 0.0654. The number of aryl methyl sites for hydroxylation is 1. The number of ether oxygens (including phenoxy) is 1. The second kappa shape index (κ2) is 10.1. The van der Waals surface area contributed by atoms with Crippen LogP contribution in [0.25, 0.3) is 5.69 Å². The quantitative estimate of drug-likeness (QED) is 0.526. The Labute approximate surface area is 198 Å². The van der Waals surface area contributed by atoms with E-state index in [1.54, 1.807) is 0 Å². The molecule has 0 radical (unpaired) electrons. The van der Waals surface area contributed by atoms with E-state index in [2.05, 4.69) is 31.7 Å². The Bertz CT molecular complexity index is 1100. The molecule has 2 N–H and O–H groups in total. The predicted octanol–water partition coefficient (Wildman–Crippen LogP) is 4.65. The zero-order chi connectivity index (χ0) is 23.5. The molecule has 0 spiro atoms. The van der Waals surface area contributed by atoms with Crippen LogP contribution in [0, 0.1) is 18.6 Å². The summed E-state index contributed by atoms with van der Waals surface area (Å²) >= 11 is 0. The third-order valence-corrected chi connectivity index (χ3v) is 6.38. The first-order valence-corrected chi connectivity index (χ1v) is 11.9. The summed E-state index contributed by atoms with van der Waals surface area (Å²) in [5.41, 5.74) is 3.28. The molecule has 1 atom stereocenters. The van der Waals surface area contributed by atoms with Crippen molar-refractivity contribution in [2.24, 2.45) is 0 Å². The number of benzene rings is 2. The molecule has 0 amide bonds. The highest BCUT2D eigenvalue weighted by atomic mass is 19.1. The second-order valence-corrected chi connectivity index (χ2v) is 9.21. The average Bonchev–Trinajstić information content (AvgIpc) is 3.46. The Hall–Kier alpha value is -3.04. The van der Waals surface area contributed by atoms with Crippen molar-refractivity contribution in [3.8, 4) is 5.69 Å². The zero-order valence-corrected chi connectivity index (χ0v) is 19.3. The number of anilines is 3. The van der Waals surface area contributed by atoms with Crippen LogP contribution in [0.3, 0.4) is 0 Å². The van der Waals surface area contributed by atoms with Crippen molar-refractivity contribution in [2.75, 3.05) is 36.9 Å². The SMILES string of the molecule is Cc1cc(Nc2ncn(-c3cc(F)cc(F)c3)n2)cc(NC2CCN(CC3CCCO3)CC2)c1. The Balaban J connectivity index is 1.19. The van der Waals surface area contributed by atoms with Gasteiger partial charge in [0.25, 0.3) is 0 Å². The fraction of sp³-hybridized carbons (Fsp3) is 0.440. The highest BCUT2D eigenvalue weighted by Crippen LogP contribution is 2.25. The highest BCUT2D eigenvalue weighted by Gasteiger charge is 2.24. The van der Waals surface area contributed by atoms with Gasteiger partial charge in [-0.1, -0.05) is 0 Å². The first kappa shape index (κ1) is 22.7. The van der Waals surface area contributed by atoms with Crippen molar-refractivity contribution in [1.82, 2.24) is 19.7 Å². The van der Waals surface area contributed by atoms with Crippen LogP contribution in [0.1, 0.15) is 31.2 Å². The smallest absolute Gasteiger partial charge is 0.246 e. The fourth-order valence-corrected chi connectivity index (χ4v) is 4.76. The number of hydrogen-bond acceptors (Lipinski definition) is 6. The van der Waals surface area contributed by atoms with Crippen LogP contribution in [0.4, 0.5) is 26.1 Å². The zero-order valence-electron chi connectivity index (χ0n) is 19.3. The molecule has 7 nitrogen and oxygen atoms in total. The van der Waals surface area contributed by atoms with Gasteiger partial charge in [0.15, 0.2) is 0 Å². The molecule has 3 heterocycles. The molecule has 34 heavy (non-hydrogen) atoms. The summed E-state index contributed by atoms with van der Waals surface area (Å²) in [6.45, 7) is 6.16. The van der Waals surface area contributed by atoms with Crippen molar-refractivity contribution in [1.29, 1.82) is 0 Å². The number of halogens is 2. The number of nitrogens with one attached hydrogen (secondary N) is 2. The number of nitrogens with zero attached hydrogens (tertiary/aromatic N) is 4. The van der Waals surface area contributed by atoms with Crippen LogP contribution in [-0.2, 0) is 4.74 Å². The van der Waals surface area contributed by atoms with Gasteiger partial charge in [0.1, 0.15) is 18.0 Å². The average molecular weight is 469 g/mol. The summed E-state index contributed by atoms with van der Waals surface area (Å²) in [5, 5.41) is 11.2. The molecule has 2 saturated heterocycles. The first-order chi connectivity index (χ1) is 16.5. The molecule has 1 aromatic heterocycles. The number of aromatic nitrogens is 3. The van der Waals surface area contributed by atoms with Crippen LogP contribution in [0.15, 0.2) is 42.7 Å². The van der Waals surface area contributed by atoms with Gasteiger partial charge in [-0.3, -0.25) is 0 Å². The van der Waals surface area contributed by atoms with Crippen LogP contribution < -0.4 is 10.6 Å². The molecule has 0 bridgehead atoms. The van der Waals surface area contributed by atoms with E-state index in [0.29, 0.717) is 18.1 Å². The Morgan fingerprint density at radius 3 is 2.50 bits per heavy atom. The molecule has 0 aliphatic carbocycles. The number of hydrogen-bond donors (Lipinski definition) is 2. The van der Waals surface area contributed by atoms with E-state index in [4.69, 9.17) is 4.74 Å². The maximum Gasteiger partial charge on any atom is 0.246 e. The molecule has 3 aromatic rings. The second-order valence-electron chi connectivity index (χ2n) is 9.21. The standard InChI is InChI=1S/C25H30F2N6O/c1-17-9-21(29-20-4-6-32(7-5-20)15-24-3-2-8-34-24)14-22(10-17)30-25-28-16-33(31-25)23-12-18(26)11-19(27)13-23/h9-14,16,20,24,29H,2-8,15H2,1H3,(H,30,31). The van der Waals surface area contributed by atoms with Gasteiger partial charge in [-0.2, -0.15) is 4.98 Å². The van der Waals surface area contributed by atoms with Crippen LogP contribution >= 0.6 is 0 Å². The molecule has 5 rings (SSSR count). The summed E-state index contributed by atoms with van der Waals surface area (Å²) in [7, 11) is 0. The third-order valence-electron chi connectivity index (χ3n) is 6.38. The first-order valence-electron chi connectivity index (χ1n) is 11.9. The monoisotopic (exact) mass is 468 g/mol. The number of piperidine rings is 1. The topological polar surface area (TPSA) is 67.2 Å². The molecule has 9 heteroatoms. The van der Waals surface area contributed by atoms with Gasteiger partial charge < -0.3 is 20.3 Å². The summed E-state index contributed by atoms with van der Waals surface area (Å²) in [6.07, 6.45) is 6.40. The maximum atomic E-state index is 13.5. The van der Waals surface area contributed by atoms with Crippen molar-refractivity contribution in [3.05, 3.63) is 59.9 Å². The Morgan fingerprint density at radius 2 is 1.76 bits per heavy atom. The largest absolute Gasteiger partial charge is 0.382 e. The summed E-state index contributed by atoms with van der Waals surface area (Å²) in [5.74, 6) is -0.970. The molecule has 2 aliphatic rings. The van der Waals surface area contributed by atoms with Crippen molar-refractivity contribution in [2.45, 2.75) is 44.8 Å². The number of likely N-dealkylation sites (tertiary alicyclic amines) is 1. The van der Waals surface area contributed by atoms with Crippen LogP contribution in [0.5, 0.6) is 0 Å². The van der Waals surface area contributed by atoms with Crippen LogP contribution in [0.2, 0.25) is 0 Å². The Kier molecular flexibility index (Phi) is 6.73. The molecule has 2 aliphatic heterocycles. The number of rotatable bonds is 7. The summed E-state index contributed by atoms with van der Waals surface area (Å²) < 4.78 is 34.2. The third kappa shape index (κ3) is 5.71. The molecule has 0 saturated carbocycles. The lowest BCUT2D eigenvalue weighted by atomic mass is 10.0. The minimum absolute atomic E-state index is 0.274. The summed E-state index contributed by atoms with van der Waals surface area (Å²) in [4.78, 5) is 6.75. The van der Waals surface area contributed by atoms with E-state index < -0.39 is 11.6 Å². The van der Waals surface area contributed by atoms with Gasteiger partial charge in [-0.05, 0) is 68.5 Å². The van der Waals surface area contributed by atoms with E-state index in [9.17, 15) is 8.78 Å². The van der Waals surface area contributed by atoms with Crippen molar-refractivity contribution >= 4 is 17.3 Å². The van der Waals surface area contributed by atoms with Gasteiger partial charge in [0, 0.05) is 49.7 Å². The molecule has 2 aromatic carbocycles. The lowest BCUT2D eigenvalue weighted by Crippen LogP contribution is -2.42. The molecule has 1 unspecified atom stereocenters. The van der Waals surface area contributed by atoms with Crippen LogP contribution in [-0.4, -0.2) is 58.1 Å². The van der Waals surface area contributed by atoms with Gasteiger partial charge in [0.2, 0.25) is 5.95 Å². The predicted molar refractivity (Wildman–Crippen MR) is 128 cm³/mol. The van der Waals surface area contributed by atoms with E-state index in [-0.39, 0.29) is 5.69 Å². The van der Waals surface area contributed by atoms with E-state index in [1.165, 1.54) is 36.0 Å². The molecule has 180 valence electrons. The van der Waals surface area contributed by atoms with Gasteiger partial charge in [-0.15, -0.1) is 5.10 Å². The van der Waals surface area contributed by atoms with Crippen molar-refractivity contribution in [3.63, 3.8) is 0 Å². The van der Waals surface area contributed by atoms with E-state index in [0.717, 1.165) is 62.1 Å². The molecular formula is C25H30F2N6O. The van der Waals surface area contributed by atoms with E-state index in [1.807, 2.05) is 19.1 Å². The van der Waals surface area contributed by atoms with Crippen molar-refractivity contribution < 1.29 is 13.5 Å². The lowest BCUT2D eigenvalue weighted by Gasteiger charge is -2.34. The van der Waals surface area contributed by atoms with Gasteiger partial charge in [0.05, 0.1) is 11.8 Å². The normalized spacial score (nSPS) is 19.4. The highest BCUT2D eigenvalue weighted by molar-refractivity contribution is 5.63. The van der Waals surface area contributed by atoms with Gasteiger partial charge in [-0.25, -0.2) is 13.5 Å². The van der Waals surface area contributed by atoms with E-state index >= 15 is 0 Å². The van der Waals surface area contributed by atoms with Gasteiger partial charge >= 0.3 is 0 Å². The minimum atomic E-state index is -0.660. The fourth-order valence-electron chi connectivity index (χ4n) is 4.76. The maximum absolute atomic E-state index is 13.5. The Morgan fingerprint density at radius 1 is 1.00 bits per heavy atom. The minimum Gasteiger partial charge on any atom is -0.382 e. The molecule has 2 fully saturated rings. The molecular weight excluding hydrogens is 438 g/mol.